The van der Waals surface area contributed by atoms with Crippen LogP contribution in [0.25, 0.3) is 0 Å². The maximum absolute atomic E-state index is 13.3. The maximum Gasteiger partial charge on any atom is 0.251 e. The molecule has 0 radical (unpaired) electrons. The van der Waals surface area contributed by atoms with Crippen molar-refractivity contribution >= 4 is 26.7 Å². The molecule has 1 rings (SSSR count). The number of carbonyl (C=O) groups excluding carboxylic acids is 1. The van der Waals surface area contributed by atoms with Crippen LogP contribution in [0.4, 0.5) is 4.39 Å². The fourth-order valence-electron chi connectivity index (χ4n) is 1.44. The Bertz CT molecular complexity index is 631. The number of nitrogens with two attached hydrogens (primary N) is 1. The number of primary sulfonamides is 1. The van der Waals surface area contributed by atoms with Crippen LogP contribution in [0.2, 0.25) is 0 Å². The van der Waals surface area contributed by atoms with Gasteiger partial charge in [-0.2, -0.15) is 0 Å². The molecule has 1 atom stereocenters. The minimum Gasteiger partial charge on any atom is -0.352 e. The highest BCUT2D eigenvalue weighted by Gasteiger charge is 2.14. The molecule has 20 heavy (non-hydrogen) atoms. The first kappa shape index (κ1) is 16.7. The Morgan fingerprint density at radius 3 is 2.60 bits per heavy atom. The van der Waals surface area contributed by atoms with Gasteiger partial charge in [0, 0.05) is 34.9 Å². The van der Waals surface area contributed by atoms with Crippen molar-refractivity contribution < 1.29 is 21.8 Å². The van der Waals surface area contributed by atoms with E-state index < -0.39 is 37.4 Å². The molecule has 0 aliphatic carbocycles. The van der Waals surface area contributed by atoms with Crippen LogP contribution in [0.3, 0.4) is 0 Å². The van der Waals surface area contributed by atoms with E-state index in [0.717, 1.165) is 18.2 Å². The molecule has 0 bridgehead atoms. The molecule has 1 unspecified atom stereocenters. The van der Waals surface area contributed by atoms with E-state index in [1.807, 2.05) is 0 Å². The molecule has 0 saturated carbocycles. The molecule has 9 heteroatoms. The molecule has 0 heterocycles. The Kier molecular flexibility index (Phi) is 5.78. The summed E-state index contributed by atoms with van der Waals surface area (Å²) in [5, 5.41) is 7.37. The summed E-state index contributed by atoms with van der Waals surface area (Å²) < 4.78 is 46.4. The van der Waals surface area contributed by atoms with Gasteiger partial charge in [-0.3, -0.25) is 9.00 Å². The zero-order valence-electron chi connectivity index (χ0n) is 10.8. The van der Waals surface area contributed by atoms with E-state index in [1.54, 1.807) is 6.26 Å². The average molecular weight is 322 g/mol. The van der Waals surface area contributed by atoms with Crippen molar-refractivity contribution in [3.63, 3.8) is 0 Å². The zero-order chi connectivity index (χ0) is 15.3. The van der Waals surface area contributed by atoms with Crippen LogP contribution in [0.15, 0.2) is 23.1 Å². The van der Waals surface area contributed by atoms with Crippen molar-refractivity contribution in [3.8, 4) is 0 Å². The second kappa shape index (κ2) is 6.91. The van der Waals surface area contributed by atoms with Crippen molar-refractivity contribution in [2.45, 2.75) is 11.3 Å². The van der Waals surface area contributed by atoms with Gasteiger partial charge in [-0.1, -0.05) is 0 Å². The van der Waals surface area contributed by atoms with Gasteiger partial charge in [0.25, 0.3) is 5.91 Å². The Balaban J connectivity index is 2.78. The van der Waals surface area contributed by atoms with Crippen LogP contribution in [0.1, 0.15) is 16.8 Å². The number of nitrogens with one attached hydrogen (secondary N) is 1. The monoisotopic (exact) mass is 322 g/mol. The largest absolute Gasteiger partial charge is 0.352 e. The normalized spacial score (nSPS) is 12.9. The lowest BCUT2D eigenvalue weighted by Crippen LogP contribution is -2.26. The number of rotatable bonds is 6. The van der Waals surface area contributed by atoms with E-state index in [4.69, 9.17) is 5.14 Å². The molecule has 0 fully saturated rings. The predicted octanol–water partition coefficient (Wildman–Crippen LogP) is -0.0285. The molecule has 0 aromatic heterocycles. The van der Waals surface area contributed by atoms with E-state index >= 15 is 0 Å². The number of benzene rings is 1. The van der Waals surface area contributed by atoms with Gasteiger partial charge in [0.15, 0.2) is 0 Å². The third kappa shape index (κ3) is 5.35. The highest BCUT2D eigenvalue weighted by atomic mass is 32.2. The first-order chi connectivity index (χ1) is 9.20. The van der Waals surface area contributed by atoms with Gasteiger partial charge in [0.2, 0.25) is 10.0 Å². The van der Waals surface area contributed by atoms with Gasteiger partial charge in [-0.25, -0.2) is 17.9 Å². The molecule has 1 aromatic rings. The summed E-state index contributed by atoms with van der Waals surface area (Å²) in [5.74, 6) is -1.04. The molecule has 0 spiro atoms. The molecule has 0 aliphatic rings. The Morgan fingerprint density at radius 2 is 2.05 bits per heavy atom. The van der Waals surface area contributed by atoms with E-state index in [1.165, 1.54) is 0 Å². The zero-order valence-corrected chi connectivity index (χ0v) is 12.4. The third-order valence-electron chi connectivity index (χ3n) is 2.36. The van der Waals surface area contributed by atoms with Gasteiger partial charge in [0.05, 0.1) is 4.90 Å². The Labute approximate surface area is 119 Å². The number of hydrogen-bond donors (Lipinski definition) is 2. The molecule has 6 nitrogen and oxygen atoms in total. The van der Waals surface area contributed by atoms with Crippen LogP contribution >= 0.6 is 0 Å². The molecule has 1 amide bonds. The minimum absolute atomic E-state index is 0.133. The summed E-state index contributed by atoms with van der Waals surface area (Å²) in [5.41, 5.74) is -0.133. The molecule has 1 aromatic carbocycles. The Hall–Kier alpha value is -1.32. The van der Waals surface area contributed by atoms with Crippen LogP contribution in [-0.2, 0) is 20.8 Å². The first-order valence-corrected chi connectivity index (χ1v) is 8.89. The summed E-state index contributed by atoms with van der Waals surface area (Å²) in [4.78, 5) is 11.3. The topological polar surface area (TPSA) is 106 Å². The van der Waals surface area contributed by atoms with Crippen LogP contribution in [0.5, 0.6) is 0 Å². The second-order valence-electron chi connectivity index (χ2n) is 4.11. The number of hydrogen-bond acceptors (Lipinski definition) is 4. The quantitative estimate of drug-likeness (QED) is 0.717. The predicted molar refractivity (Wildman–Crippen MR) is 73.7 cm³/mol. The molecular weight excluding hydrogens is 307 g/mol. The lowest BCUT2D eigenvalue weighted by atomic mass is 10.2. The highest BCUT2D eigenvalue weighted by Crippen LogP contribution is 2.13. The van der Waals surface area contributed by atoms with Gasteiger partial charge < -0.3 is 5.32 Å². The second-order valence-corrected chi connectivity index (χ2v) is 7.22. The molecule has 0 aliphatic heterocycles. The van der Waals surface area contributed by atoms with Crippen molar-refractivity contribution in [2.24, 2.45) is 5.14 Å². The van der Waals surface area contributed by atoms with Gasteiger partial charge in [-0.15, -0.1) is 0 Å². The summed E-state index contributed by atoms with van der Waals surface area (Å²) in [6, 6.07) is 2.67. The highest BCUT2D eigenvalue weighted by molar-refractivity contribution is 7.89. The van der Waals surface area contributed by atoms with Crippen LogP contribution in [0, 0.1) is 5.82 Å². The number of carbonyl (C=O) groups is 1. The lowest BCUT2D eigenvalue weighted by Gasteiger charge is -2.06. The van der Waals surface area contributed by atoms with E-state index in [0.29, 0.717) is 12.2 Å². The maximum atomic E-state index is 13.3. The molecule has 112 valence electrons. The molecule has 0 saturated heterocycles. The van der Waals surface area contributed by atoms with E-state index in [2.05, 4.69) is 5.32 Å². The molecular formula is C11H15FN2O4S2. The number of amides is 1. The smallest absolute Gasteiger partial charge is 0.251 e. The Morgan fingerprint density at radius 1 is 1.40 bits per heavy atom. The minimum atomic E-state index is -4.08. The first-order valence-electron chi connectivity index (χ1n) is 5.62. The molecule has 3 N–H and O–H groups in total. The SMILES string of the molecule is CS(=O)CCCNC(=O)c1cc(F)cc(S(N)(=O)=O)c1. The standard InChI is InChI=1S/C11H15FN2O4S2/c1-19(16)4-2-3-14-11(15)8-5-9(12)7-10(6-8)20(13,17)18/h5-7H,2-4H2,1H3,(H,14,15)(H2,13,17,18). The van der Waals surface area contributed by atoms with Crippen molar-refractivity contribution in [3.05, 3.63) is 29.6 Å². The number of halogens is 1. The average Bonchev–Trinajstić information content (AvgIpc) is 2.32. The van der Waals surface area contributed by atoms with Crippen LogP contribution < -0.4 is 10.5 Å². The van der Waals surface area contributed by atoms with E-state index in [-0.39, 0.29) is 12.1 Å². The number of sulfonamides is 1. The fourth-order valence-corrected chi connectivity index (χ4v) is 2.56. The van der Waals surface area contributed by atoms with Crippen LogP contribution in [-0.4, -0.2) is 37.1 Å². The summed E-state index contributed by atoms with van der Waals surface area (Å²) >= 11 is 0. The lowest BCUT2D eigenvalue weighted by molar-refractivity contribution is 0.0953. The van der Waals surface area contributed by atoms with Crippen molar-refractivity contribution in [2.75, 3.05) is 18.6 Å². The van der Waals surface area contributed by atoms with E-state index in [9.17, 15) is 21.8 Å². The van der Waals surface area contributed by atoms with Gasteiger partial charge in [-0.05, 0) is 24.6 Å². The van der Waals surface area contributed by atoms with Gasteiger partial charge in [0.1, 0.15) is 5.82 Å². The summed E-state index contributed by atoms with van der Waals surface area (Å²) in [6.07, 6.45) is 2.05. The van der Waals surface area contributed by atoms with Crippen molar-refractivity contribution in [1.82, 2.24) is 5.32 Å². The van der Waals surface area contributed by atoms with Crippen molar-refractivity contribution in [1.29, 1.82) is 0 Å². The van der Waals surface area contributed by atoms with Gasteiger partial charge >= 0.3 is 0 Å². The third-order valence-corrected chi connectivity index (χ3v) is 4.11. The summed E-state index contributed by atoms with van der Waals surface area (Å²) in [7, 11) is -5.03. The fraction of sp³-hybridized carbons (Fsp3) is 0.364. The summed E-state index contributed by atoms with van der Waals surface area (Å²) in [6.45, 7) is 0.264.